The molecule has 4 aromatic rings. The average molecular weight is 565 g/mol. The van der Waals surface area contributed by atoms with Gasteiger partial charge in [-0.15, -0.1) is 0 Å². The normalized spacial score (nSPS) is 10.9. The van der Waals surface area contributed by atoms with Gasteiger partial charge in [0, 0.05) is 16.8 Å². The molecule has 2 amide bonds. The SMILES string of the molecule is COc1ccc(NC(=O)c2cccc(C(=O)OCC(F)(F)F)c2)cc1NC(=O)c1cccc(-c2ccc(O)cc2)c1. The van der Waals surface area contributed by atoms with Crippen molar-refractivity contribution in [1.82, 2.24) is 0 Å². The maximum Gasteiger partial charge on any atom is 0.422 e. The predicted octanol–water partition coefficient (Wildman–Crippen LogP) is 6.29. The van der Waals surface area contributed by atoms with E-state index in [2.05, 4.69) is 15.4 Å². The van der Waals surface area contributed by atoms with Gasteiger partial charge in [-0.2, -0.15) is 13.2 Å². The Bertz CT molecular complexity index is 1590. The largest absolute Gasteiger partial charge is 0.508 e. The number of rotatable bonds is 8. The lowest BCUT2D eigenvalue weighted by molar-refractivity contribution is -0.161. The number of aromatic hydroxyl groups is 1. The van der Waals surface area contributed by atoms with Crippen LogP contribution < -0.4 is 15.4 Å². The van der Waals surface area contributed by atoms with Gasteiger partial charge in [-0.05, 0) is 71.8 Å². The van der Waals surface area contributed by atoms with Crippen LogP contribution in [0.3, 0.4) is 0 Å². The van der Waals surface area contributed by atoms with Gasteiger partial charge < -0.3 is 25.2 Å². The molecule has 0 bridgehead atoms. The van der Waals surface area contributed by atoms with Gasteiger partial charge in [-0.1, -0.05) is 30.3 Å². The summed E-state index contributed by atoms with van der Waals surface area (Å²) in [4.78, 5) is 37.9. The van der Waals surface area contributed by atoms with Crippen molar-refractivity contribution in [3.05, 3.63) is 108 Å². The molecule has 0 heterocycles. The van der Waals surface area contributed by atoms with Crippen LogP contribution >= 0.6 is 0 Å². The summed E-state index contributed by atoms with van der Waals surface area (Å²) >= 11 is 0. The van der Waals surface area contributed by atoms with E-state index >= 15 is 0 Å². The van der Waals surface area contributed by atoms with E-state index in [-0.39, 0.29) is 28.3 Å². The van der Waals surface area contributed by atoms with Crippen LogP contribution in [0, 0.1) is 0 Å². The lowest BCUT2D eigenvalue weighted by Crippen LogP contribution is -2.20. The van der Waals surface area contributed by atoms with Gasteiger partial charge in [-0.25, -0.2) is 4.79 Å². The molecule has 210 valence electrons. The summed E-state index contributed by atoms with van der Waals surface area (Å²) < 4.78 is 46.7. The number of esters is 1. The number of phenolic OH excluding ortho intramolecular Hbond substituents is 1. The summed E-state index contributed by atoms with van der Waals surface area (Å²) in [6.07, 6.45) is -4.68. The van der Waals surface area contributed by atoms with Gasteiger partial charge in [0.05, 0.1) is 18.4 Å². The van der Waals surface area contributed by atoms with E-state index in [1.54, 1.807) is 42.5 Å². The van der Waals surface area contributed by atoms with Gasteiger partial charge in [0.2, 0.25) is 0 Å². The molecule has 0 aliphatic carbocycles. The molecule has 0 fully saturated rings. The number of alkyl halides is 3. The summed E-state index contributed by atoms with van der Waals surface area (Å²) in [6, 6.07) is 23.0. The Morgan fingerprint density at radius 3 is 2.07 bits per heavy atom. The van der Waals surface area contributed by atoms with Gasteiger partial charge in [0.25, 0.3) is 11.8 Å². The minimum Gasteiger partial charge on any atom is -0.508 e. The second-order valence-electron chi connectivity index (χ2n) is 8.72. The van der Waals surface area contributed by atoms with Crippen molar-refractivity contribution in [1.29, 1.82) is 0 Å². The van der Waals surface area contributed by atoms with Crippen molar-refractivity contribution < 1.29 is 42.1 Å². The molecule has 0 spiro atoms. The van der Waals surface area contributed by atoms with Crippen molar-refractivity contribution >= 4 is 29.2 Å². The predicted molar refractivity (Wildman–Crippen MR) is 145 cm³/mol. The standard InChI is InChI=1S/C30H23F3N2O6/c1-40-26-13-10-23(34-27(37)21-6-3-7-22(15-21)29(39)41-17-30(31,32)33)16-25(26)35-28(38)20-5-2-4-19(14-20)18-8-11-24(36)12-9-18/h2-16,36H,17H2,1H3,(H,34,37)(H,35,38). The van der Waals surface area contributed by atoms with Crippen LogP contribution in [0.2, 0.25) is 0 Å². The van der Waals surface area contributed by atoms with Crippen molar-refractivity contribution in [2.75, 3.05) is 24.4 Å². The highest BCUT2D eigenvalue weighted by atomic mass is 19.4. The van der Waals surface area contributed by atoms with Crippen LogP contribution in [-0.4, -0.2) is 42.8 Å². The monoisotopic (exact) mass is 564 g/mol. The van der Waals surface area contributed by atoms with E-state index in [1.165, 1.54) is 43.5 Å². The molecule has 3 N–H and O–H groups in total. The van der Waals surface area contributed by atoms with Crippen LogP contribution in [0.5, 0.6) is 11.5 Å². The summed E-state index contributed by atoms with van der Waals surface area (Å²) in [5.41, 5.74) is 2.22. The summed E-state index contributed by atoms with van der Waals surface area (Å²) in [7, 11) is 1.41. The third-order valence-corrected chi connectivity index (χ3v) is 5.76. The molecular formula is C30H23F3N2O6. The molecular weight excluding hydrogens is 541 g/mol. The van der Waals surface area contributed by atoms with Gasteiger partial charge in [0.15, 0.2) is 6.61 Å². The highest BCUT2D eigenvalue weighted by Crippen LogP contribution is 2.29. The number of amides is 2. The molecule has 4 rings (SSSR count). The molecule has 0 radical (unpaired) electrons. The summed E-state index contributed by atoms with van der Waals surface area (Å²) in [5.74, 6) is -1.88. The van der Waals surface area contributed by atoms with Crippen molar-refractivity contribution in [2.24, 2.45) is 0 Å². The van der Waals surface area contributed by atoms with Gasteiger partial charge in [-0.3, -0.25) is 9.59 Å². The Morgan fingerprint density at radius 1 is 0.756 bits per heavy atom. The lowest BCUT2D eigenvalue weighted by atomic mass is 10.0. The number of ether oxygens (including phenoxy) is 2. The van der Waals surface area contributed by atoms with E-state index < -0.39 is 30.6 Å². The molecule has 11 heteroatoms. The number of phenols is 1. The molecule has 0 aliphatic rings. The highest BCUT2D eigenvalue weighted by Gasteiger charge is 2.30. The average Bonchev–Trinajstić information content (AvgIpc) is 2.96. The van der Waals surface area contributed by atoms with Crippen molar-refractivity contribution in [3.8, 4) is 22.6 Å². The van der Waals surface area contributed by atoms with Crippen LogP contribution in [0.15, 0.2) is 91.0 Å². The fourth-order valence-corrected chi connectivity index (χ4v) is 3.79. The third-order valence-electron chi connectivity index (χ3n) is 5.76. The molecule has 0 atom stereocenters. The Labute approximate surface area is 232 Å². The van der Waals surface area contributed by atoms with Crippen LogP contribution in [0.25, 0.3) is 11.1 Å². The van der Waals surface area contributed by atoms with Crippen LogP contribution in [0.4, 0.5) is 24.5 Å². The van der Waals surface area contributed by atoms with Crippen LogP contribution in [-0.2, 0) is 4.74 Å². The minimum absolute atomic E-state index is 0.00101. The Balaban J connectivity index is 1.49. The second-order valence-corrected chi connectivity index (χ2v) is 8.72. The van der Waals surface area contributed by atoms with Crippen molar-refractivity contribution in [3.63, 3.8) is 0 Å². The number of methoxy groups -OCH3 is 1. The van der Waals surface area contributed by atoms with E-state index in [1.807, 2.05) is 6.07 Å². The molecule has 8 nitrogen and oxygen atoms in total. The number of nitrogens with one attached hydrogen (secondary N) is 2. The molecule has 41 heavy (non-hydrogen) atoms. The van der Waals surface area contributed by atoms with Crippen LogP contribution in [0.1, 0.15) is 31.1 Å². The first-order chi connectivity index (χ1) is 19.5. The number of benzene rings is 4. The van der Waals surface area contributed by atoms with Gasteiger partial charge in [0.1, 0.15) is 11.5 Å². The zero-order valence-electron chi connectivity index (χ0n) is 21.5. The van der Waals surface area contributed by atoms with E-state index in [4.69, 9.17) is 4.74 Å². The lowest BCUT2D eigenvalue weighted by Gasteiger charge is -2.14. The maximum atomic E-state index is 13.1. The minimum atomic E-state index is -4.68. The molecule has 4 aromatic carbocycles. The first-order valence-electron chi connectivity index (χ1n) is 12.1. The number of carbonyl (C=O) groups is 3. The summed E-state index contributed by atoms with van der Waals surface area (Å²) in [6.45, 7) is -1.75. The molecule has 0 aromatic heterocycles. The number of hydrogen-bond acceptors (Lipinski definition) is 6. The molecule has 0 aliphatic heterocycles. The maximum absolute atomic E-state index is 13.1. The molecule has 0 unspecified atom stereocenters. The van der Waals surface area contributed by atoms with E-state index in [0.717, 1.165) is 17.2 Å². The molecule has 0 saturated carbocycles. The number of hydrogen-bond donors (Lipinski definition) is 3. The number of carbonyl (C=O) groups excluding carboxylic acids is 3. The fourth-order valence-electron chi connectivity index (χ4n) is 3.79. The number of halogens is 3. The van der Waals surface area contributed by atoms with E-state index in [9.17, 15) is 32.7 Å². The number of anilines is 2. The van der Waals surface area contributed by atoms with Gasteiger partial charge >= 0.3 is 12.1 Å². The van der Waals surface area contributed by atoms with E-state index in [0.29, 0.717) is 11.3 Å². The zero-order valence-corrected chi connectivity index (χ0v) is 21.5. The quantitative estimate of drug-likeness (QED) is 0.217. The topological polar surface area (TPSA) is 114 Å². The summed E-state index contributed by atoms with van der Waals surface area (Å²) in [5, 5.41) is 14.9. The highest BCUT2D eigenvalue weighted by molar-refractivity contribution is 6.08. The fraction of sp³-hybridized carbons (Fsp3) is 0.100. The Hall–Kier alpha value is -5.32. The third kappa shape index (κ3) is 7.63. The Morgan fingerprint density at radius 2 is 1.39 bits per heavy atom. The second kappa shape index (κ2) is 12.2. The first kappa shape index (κ1) is 28.7. The van der Waals surface area contributed by atoms with Crippen molar-refractivity contribution in [2.45, 2.75) is 6.18 Å². The zero-order chi connectivity index (χ0) is 29.6. The first-order valence-corrected chi connectivity index (χ1v) is 12.1. The molecule has 0 saturated heterocycles. The smallest absolute Gasteiger partial charge is 0.422 e. The Kier molecular flexibility index (Phi) is 8.57.